The molecular weight excluding hydrogens is 218 g/mol. The maximum atomic E-state index is 10.9. The Morgan fingerprint density at radius 3 is 2.73 bits per heavy atom. The van der Waals surface area contributed by atoms with Gasteiger partial charge in [-0.05, 0) is 13.3 Å². The minimum atomic E-state index is -0.846. The lowest BCUT2D eigenvalue weighted by Gasteiger charge is -2.08. The molecule has 5 nitrogen and oxygen atoms in total. The van der Waals surface area contributed by atoms with Crippen LogP contribution >= 0.6 is 11.8 Å². The Bertz CT molecular complexity index is 210. The summed E-state index contributed by atoms with van der Waals surface area (Å²) < 4.78 is 4.73. The third-order valence-corrected chi connectivity index (χ3v) is 2.69. The molecule has 15 heavy (non-hydrogen) atoms. The third kappa shape index (κ3) is 9.55. The molecule has 0 fully saturated rings. The fourth-order valence-corrected chi connectivity index (χ4v) is 1.73. The molecule has 0 radical (unpaired) electrons. The van der Waals surface area contributed by atoms with E-state index in [-0.39, 0.29) is 24.2 Å². The molecule has 0 saturated heterocycles. The number of carbonyl (C=O) groups is 2. The van der Waals surface area contributed by atoms with Crippen LogP contribution in [0.4, 0.5) is 0 Å². The second-order valence-electron chi connectivity index (χ2n) is 3.01. The number of hydrogen-bond donors (Lipinski definition) is 2. The number of carboxylic acid groups (broad SMARTS) is 1. The van der Waals surface area contributed by atoms with Crippen LogP contribution in [0, 0.1) is 0 Å². The summed E-state index contributed by atoms with van der Waals surface area (Å²) in [6.07, 6.45) is 0.506. The molecule has 0 aromatic rings. The van der Waals surface area contributed by atoms with E-state index in [1.54, 1.807) is 6.92 Å². The Balaban J connectivity index is 3.41. The first-order valence-corrected chi connectivity index (χ1v) is 5.92. The normalized spacial score (nSPS) is 12.1. The van der Waals surface area contributed by atoms with Crippen molar-refractivity contribution in [1.82, 2.24) is 0 Å². The van der Waals surface area contributed by atoms with E-state index in [1.807, 2.05) is 0 Å². The van der Waals surface area contributed by atoms with Gasteiger partial charge in [-0.2, -0.15) is 0 Å². The smallest absolute Gasteiger partial charge is 0.315 e. The first kappa shape index (κ1) is 14.2. The Labute approximate surface area is 93.4 Å². The first-order chi connectivity index (χ1) is 7.06. The minimum Gasteiger partial charge on any atom is -0.481 e. The molecule has 0 aliphatic carbocycles. The van der Waals surface area contributed by atoms with E-state index < -0.39 is 5.97 Å². The van der Waals surface area contributed by atoms with Crippen LogP contribution in [-0.2, 0) is 14.3 Å². The summed E-state index contributed by atoms with van der Waals surface area (Å²) in [4.78, 5) is 21.1. The van der Waals surface area contributed by atoms with Crippen molar-refractivity contribution >= 4 is 23.7 Å². The van der Waals surface area contributed by atoms with Crippen LogP contribution in [0.2, 0.25) is 0 Å². The van der Waals surface area contributed by atoms with Crippen molar-refractivity contribution in [2.24, 2.45) is 5.73 Å². The lowest BCUT2D eigenvalue weighted by molar-refractivity contribution is -0.140. The summed E-state index contributed by atoms with van der Waals surface area (Å²) in [7, 11) is 0. The fraction of sp³-hybridized carbons (Fsp3) is 0.778. The molecule has 6 heteroatoms. The Hall–Kier alpha value is -0.750. The lowest BCUT2D eigenvalue weighted by atomic mass is 10.2. The highest BCUT2D eigenvalue weighted by atomic mass is 32.2. The third-order valence-electron chi connectivity index (χ3n) is 1.59. The summed E-state index contributed by atoms with van der Waals surface area (Å²) in [5.41, 5.74) is 5.65. The Morgan fingerprint density at radius 2 is 2.20 bits per heavy atom. The molecule has 0 aliphatic rings. The summed E-state index contributed by atoms with van der Waals surface area (Å²) in [5.74, 6) is -0.255. The highest BCUT2D eigenvalue weighted by Crippen LogP contribution is 2.06. The lowest BCUT2D eigenvalue weighted by Crippen LogP contribution is -2.24. The van der Waals surface area contributed by atoms with Gasteiger partial charge in [-0.1, -0.05) is 0 Å². The van der Waals surface area contributed by atoms with E-state index in [0.29, 0.717) is 18.8 Å². The predicted molar refractivity (Wildman–Crippen MR) is 58.8 cm³/mol. The molecule has 3 N–H and O–H groups in total. The highest BCUT2D eigenvalue weighted by molar-refractivity contribution is 7.99. The van der Waals surface area contributed by atoms with E-state index in [0.717, 1.165) is 0 Å². The number of esters is 1. The number of aliphatic carboxylic acids is 1. The van der Waals surface area contributed by atoms with Gasteiger partial charge in [-0.15, -0.1) is 11.8 Å². The van der Waals surface area contributed by atoms with Crippen LogP contribution in [0.5, 0.6) is 0 Å². The van der Waals surface area contributed by atoms with Crippen LogP contribution in [0.3, 0.4) is 0 Å². The number of hydrogen-bond acceptors (Lipinski definition) is 5. The number of rotatable bonds is 8. The van der Waals surface area contributed by atoms with Crippen LogP contribution in [0.25, 0.3) is 0 Å². The van der Waals surface area contributed by atoms with Gasteiger partial charge in [0.2, 0.25) is 0 Å². The average Bonchev–Trinajstić information content (AvgIpc) is 2.15. The summed E-state index contributed by atoms with van der Waals surface area (Å²) in [6, 6.07) is -0.180. The molecule has 0 aromatic carbocycles. The van der Waals surface area contributed by atoms with E-state index in [4.69, 9.17) is 15.6 Å². The zero-order valence-corrected chi connectivity index (χ0v) is 9.59. The van der Waals surface area contributed by atoms with Crippen LogP contribution in [0.1, 0.15) is 19.8 Å². The SMILES string of the molecule is CCOC(=O)CSC[C@@H](N)CCC(=O)O. The van der Waals surface area contributed by atoms with Crippen molar-refractivity contribution in [1.29, 1.82) is 0 Å². The molecule has 1 atom stereocenters. The average molecular weight is 235 g/mol. The molecule has 0 rings (SSSR count). The molecule has 0 spiro atoms. The van der Waals surface area contributed by atoms with Crippen LogP contribution in [0.15, 0.2) is 0 Å². The predicted octanol–water partition coefficient (Wildman–Crippen LogP) is 0.475. The Morgan fingerprint density at radius 1 is 1.53 bits per heavy atom. The van der Waals surface area contributed by atoms with Gasteiger partial charge < -0.3 is 15.6 Å². The van der Waals surface area contributed by atoms with E-state index >= 15 is 0 Å². The topological polar surface area (TPSA) is 89.6 Å². The molecule has 0 heterocycles. The van der Waals surface area contributed by atoms with E-state index in [2.05, 4.69) is 0 Å². The molecule has 0 unspecified atom stereocenters. The zero-order valence-electron chi connectivity index (χ0n) is 8.77. The number of carbonyl (C=O) groups excluding carboxylic acids is 1. The maximum absolute atomic E-state index is 10.9. The zero-order chi connectivity index (χ0) is 11.7. The molecule has 88 valence electrons. The van der Waals surface area contributed by atoms with Crippen molar-refractivity contribution in [3.63, 3.8) is 0 Å². The highest BCUT2D eigenvalue weighted by Gasteiger charge is 2.08. The van der Waals surface area contributed by atoms with Gasteiger partial charge in [0.1, 0.15) is 0 Å². The van der Waals surface area contributed by atoms with Crippen molar-refractivity contribution in [2.45, 2.75) is 25.8 Å². The summed E-state index contributed by atoms with van der Waals surface area (Å²) in [6.45, 7) is 2.13. The molecule has 0 saturated carbocycles. The minimum absolute atomic E-state index is 0.0706. The molecule has 0 aliphatic heterocycles. The summed E-state index contributed by atoms with van der Waals surface area (Å²) >= 11 is 1.37. The number of carboxylic acids is 1. The second kappa shape index (κ2) is 8.55. The summed E-state index contributed by atoms with van der Waals surface area (Å²) in [5, 5.41) is 8.41. The van der Waals surface area contributed by atoms with Gasteiger partial charge in [0, 0.05) is 18.2 Å². The van der Waals surface area contributed by atoms with Crippen LogP contribution < -0.4 is 5.73 Å². The monoisotopic (exact) mass is 235 g/mol. The van der Waals surface area contributed by atoms with Crippen molar-refractivity contribution < 1.29 is 19.4 Å². The van der Waals surface area contributed by atoms with Crippen molar-refractivity contribution in [2.75, 3.05) is 18.1 Å². The molecule has 0 amide bonds. The maximum Gasteiger partial charge on any atom is 0.315 e. The second-order valence-corrected chi connectivity index (χ2v) is 4.04. The largest absolute Gasteiger partial charge is 0.481 e. The van der Waals surface area contributed by atoms with E-state index in [1.165, 1.54) is 11.8 Å². The number of nitrogens with two attached hydrogens (primary N) is 1. The fourth-order valence-electron chi connectivity index (χ4n) is 0.888. The van der Waals surface area contributed by atoms with Gasteiger partial charge in [0.25, 0.3) is 0 Å². The quantitative estimate of drug-likeness (QED) is 0.595. The van der Waals surface area contributed by atoms with Crippen molar-refractivity contribution in [3.8, 4) is 0 Å². The molecule has 0 bridgehead atoms. The van der Waals surface area contributed by atoms with Gasteiger partial charge in [0.15, 0.2) is 0 Å². The Kier molecular flexibility index (Phi) is 8.12. The van der Waals surface area contributed by atoms with Gasteiger partial charge >= 0.3 is 11.9 Å². The van der Waals surface area contributed by atoms with Gasteiger partial charge in [-0.3, -0.25) is 9.59 Å². The van der Waals surface area contributed by atoms with Crippen LogP contribution in [-0.4, -0.2) is 41.2 Å². The molecular formula is C9H17NO4S. The van der Waals surface area contributed by atoms with E-state index in [9.17, 15) is 9.59 Å². The first-order valence-electron chi connectivity index (χ1n) is 4.77. The standard InChI is InChI=1S/C9H17NO4S/c1-2-14-9(13)6-15-5-7(10)3-4-8(11)12/h7H,2-6,10H2,1H3,(H,11,12)/t7-/m0/s1. The van der Waals surface area contributed by atoms with Gasteiger partial charge in [0.05, 0.1) is 12.4 Å². The number of ether oxygens (including phenoxy) is 1. The van der Waals surface area contributed by atoms with Gasteiger partial charge in [-0.25, -0.2) is 0 Å². The van der Waals surface area contributed by atoms with Crippen molar-refractivity contribution in [3.05, 3.63) is 0 Å². The molecule has 0 aromatic heterocycles. The number of thioether (sulfide) groups is 1.